The van der Waals surface area contributed by atoms with Crippen LogP contribution in [0.2, 0.25) is 0 Å². The van der Waals surface area contributed by atoms with Crippen LogP contribution in [0.3, 0.4) is 0 Å². The van der Waals surface area contributed by atoms with Gasteiger partial charge >= 0.3 is 5.97 Å². The summed E-state index contributed by atoms with van der Waals surface area (Å²) < 4.78 is 0. The number of guanidine groups is 1. The fraction of sp³-hybridized carbons (Fsp3) is 0.600. The SMILES string of the molecule is CC[C@H](C)[C@H](NC(=O)[C@@H]1CCCN1C(=O)[C@H](Cc1cnc[nH]1)NC(=O)[C@H](NC(=O)[C@H](Cc1ccc(O)cc1)NC(=O)[C@H](NC(=O)[C@H](CCCN=C(N)N)NC(=O)CNC)C(C)C)C(C)C)C(=O)O. The highest BCUT2D eigenvalue weighted by Crippen LogP contribution is 2.21. The molecule has 7 amide bonds. The Morgan fingerprint density at radius 2 is 1.41 bits per heavy atom. The van der Waals surface area contributed by atoms with Gasteiger partial charge in [-0.3, -0.25) is 38.6 Å². The number of likely N-dealkylation sites (N-methyl/N-ethyl adjacent to an activating group) is 1. The van der Waals surface area contributed by atoms with E-state index >= 15 is 0 Å². The van der Waals surface area contributed by atoms with Gasteiger partial charge in [0.05, 0.1) is 12.9 Å². The summed E-state index contributed by atoms with van der Waals surface area (Å²) in [7, 11) is 1.57. The molecule has 1 aromatic carbocycles. The number of aromatic hydroxyl groups is 1. The molecule has 2 aromatic rings. The van der Waals surface area contributed by atoms with E-state index in [9.17, 15) is 48.6 Å². The normalized spacial score (nSPS) is 16.5. The van der Waals surface area contributed by atoms with Gasteiger partial charge in [0.15, 0.2) is 5.96 Å². The van der Waals surface area contributed by atoms with E-state index in [0.717, 1.165) is 0 Å². The van der Waals surface area contributed by atoms with Crippen LogP contribution in [-0.2, 0) is 51.2 Å². The molecule has 1 aromatic heterocycles. The Kier molecular flexibility index (Phi) is 22.2. The zero-order valence-corrected chi connectivity index (χ0v) is 40.0. The third-order valence-corrected chi connectivity index (χ3v) is 11.6. The first kappa shape index (κ1) is 55.5. The van der Waals surface area contributed by atoms with Crippen LogP contribution in [-0.4, -0.2) is 147 Å². The largest absolute Gasteiger partial charge is 0.508 e. The van der Waals surface area contributed by atoms with Crippen LogP contribution in [0, 0.1) is 17.8 Å². The van der Waals surface area contributed by atoms with Gasteiger partial charge in [-0.05, 0) is 68.2 Å². The standard InChI is InChI=1S/C45H71N13O10/c1-8-26(6)37(44(67)68)57-40(63)33-12-10-18-58(33)43(66)32(20-28-21-49-23-51-28)54-42(65)36(25(4)5)56-39(62)31(19-27-13-15-29(59)16-14-27)53-41(64)35(24(2)3)55-38(61)30(52-34(60)22-48-7)11-9-17-50-45(46)47/h13-16,21,23-26,30-33,35-37,48,59H,8-12,17-20,22H2,1-7H3,(H,49,51)(H,52,60)(H,53,64)(H,54,65)(H,55,61)(H,56,62)(H,57,63)(H,67,68)(H4,46,47,50)/t26-,30-,31-,32-,33-,35+,36+,37-/m0/s1. The first-order chi connectivity index (χ1) is 32.2. The van der Waals surface area contributed by atoms with E-state index in [1.54, 1.807) is 60.7 Å². The number of carbonyl (C=O) groups excluding carboxylic acids is 7. The number of amides is 7. The highest BCUT2D eigenvalue weighted by molar-refractivity contribution is 5.98. The monoisotopic (exact) mass is 954 g/mol. The van der Waals surface area contributed by atoms with E-state index in [-0.39, 0.29) is 62.9 Å². The van der Waals surface area contributed by atoms with Gasteiger partial charge in [-0.15, -0.1) is 0 Å². The molecule has 14 N–H and O–H groups in total. The number of carboxylic acids is 1. The third-order valence-electron chi connectivity index (χ3n) is 11.6. The quantitative estimate of drug-likeness (QED) is 0.0276. The number of imidazole rings is 1. The van der Waals surface area contributed by atoms with Crippen molar-refractivity contribution in [2.24, 2.45) is 34.2 Å². The van der Waals surface area contributed by atoms with E-state index < -0.39 is 101 Å². The molecular formula is C45H71N13O10. The van der Waals surface area contributed by atoms with Crippen LogP contribution in [0.15, 0.2) is 41.8 Å². The summed E-state index contributed by atoms with van der Waals surface area (Å²) in [6, 6.07) is -2.41. The minimum Gasteiger partial charge on any atom is -0.508 e. The molecule has 0 aliphatic carbocycles. The van der Waals surface area contributed by atoms with Crippen molar-refractivity contribution in [1.29, 1.82) is 0 Å². The molecule has 68 heavy (non-hydrogen) atoms. The summed E-state index contributed by atoms with van der Waals surface area (Å²) in [5, 5.41) is 38.7. The first-order valence-electron chi connectivity index (χ1n) is 23.0. The molecule has 23 heteroatoms. The van der Waals surface area contributed by atoms with Crippen molar-refractivity contribution in [1.82, 2.24) is 52.1 Å². The number of likely N-dealkylation sites (tertiary alicyclic amines) is 1. The molecule has 23 nitrogen and oxygen atoms in total. The minimum absolute atomic E-state index is 0.0387. The predicted molar refractivity (Wildman–Crippen MR) is 251 cm³/mol. The predicted octanol–water partition coefficient (Wildman–Crippen LogP) is -1.48. The summed E-state index contributed by atoms with van der Waals surface area (Å²) in [5.74, 6) is -7.50. The van der Waals surface area contributed by atoms with Gasteiger partial charge in [-0.25, -0.2) is 9.78 Å². The van der Waals surface area contributed by atoms with Crippen molar-refractivity contribution >= 4 is 53.3 Å². The van der Waals surface area contributed by atoms with Crippen LogP contribution < -0.4 is 48.7 Å². The van der Waals surface area contributed by atoms with E-state index in [0.29, 0.717) is 30.5 Å². The fourth-order valence-electron chi connectivity index (χ4n) is 7.61. The average molecular weight is 954 g/mol. The van der Waals surface area contributed by atoms with Crippen LogP contribution >= 0.6 is 0 Å². The van der Waals surface area contributed by atoms with Crippen molar-refractivity contribution in [3.8, 4) is 5.75 Å². The molecule has 376 valence electrons. The number of phenolic OH excluding ortho intramolecular Hbond substituents is 1. The number of rotatable bonds is 27. The number of carbonyl (C=O) groups is 8. The number of hydrogen-bond donors (Lipinski definition) is 12. The zero-order chi connectivity index (χ0) is 50.7. The highest BCUT2D eigenvalue weighted by atomic mass is 16.4. The number of hydrogen-bond acceptors (Lipinski definition) is 12. The Morgan fingerprint density at radius 3 is 1.94 bits per heavy atom. The van der Waals surface area contributed by atoms with Gasteiger partial charge in [0.2, 0.25) is 41.4 Å². The van der Waals surface area contributed by atoms with Crippen molar-refractivity contribution in [2.45, 2.75) is 129 Å². The van der Waals surface area contributed by atoms with E-state index in [1.165, 1.54) is 29.6 Å². The molecule has 0 unspecified atom stereocenters. The zero-order valence-electron chi connectivity index (χ0n) is 40.0. The Bertz CT molecular complexity index is 2040. The maximum atomic E-state index is 14.4. The number of aromatic amines is 1. The molecule has 1 aliphatic heterocycles. The van der Waals surface area contributed by atoms with Crippen molar-refractivity contribution in [3.05, 3.63) is 48.0 Å². The average Bonchev–Trinajstić information content (AvgIpc) is 4.00. The van der Waals surface area contributed by atoms with E-state index in [1.807, 2.05) is 0 Å². The smallest absolute Gasteiger partial charge is 0.326 e. The van der Waals surface area contributed by atoms with Crippen molar-refractivity contribution in [3.63, 3.8) is 0 Å². The number of aromatic nitrogens is 2. The second-order valence-corrected chi connectivity index (χ2v) is 17.7. The second kappa shape index (κ2) is 27.1. The van der Waals surface area contributed by atoms with Crippen molar-refractivity contribution < 1.29 is 48.6 Å². The molecule has 3 rings (SSSR count). The Labute approximate surface area is 396 Å². The summed E-state index contributed by atoms with van der Waals surface area (Å²) >= 11 is 0. The van der Waals surface area contributed by atoms with Crippen LogP contribution in [0.5, 0.6) is 5.75 Å². The van der Waals surface area contributed by atoms with Gasteiger partial charge in [0.25, 0.3) is 0 Å². The Hall–Kier alpha value is -6.78. The van der Waals surface area contributed by atoms with E-state index in [4.69, 9.17) is 11.5 Å². The first-order valence-corrected chi connectivity index (χ1v) is 23.0. The van der Waals surface area contributed by atoms with Gasteiger partial charge in [-0.1, -0.05) is 60.1 Å². The van der Waals surface area contributed by atoms with Crippen LogP contribution in [0.4, 0.5) is 0 Å². The molecule has 0 spiro atoms. The number of carboxylic acid groups (broad SMARTS) is 1. The topological polar surface area (TPSA) is 358 Å². The number of nitrogens with zero attached hydrogens (tertiary/aromatic N) is 3. The molecule has 0 radical (unpaired) electrons. The molecular weight excluding hydrogens is 883 g/mol. The summed E-state index contributed by atoms with van der Waals surface area (Å²) in [4.78, 5) is 121. The molecule has 2 heterocycles. The number of aliphatic carboxylic acids is 1. The van der Waals surface area contributed by atoms with Crippen LogP contribution in [0.1, 0.15) is 84.9 Å². The third kappa shape index (κ3) is 17.1. The lowest BCUT2D eigenvalue weighted by molar-refractivity contribution is -0.146. The van der Waals surface area contributed by atoms with Gasteiger partial charge in [0.1, 0.15) is 48.0 Å². The number of phenols is 1. The Morgan fingerprint density at radius 1 is 0.809 bits per heavy atom. The van der Waals surface area contributed by atoms with Gasteiger partial charge < -0.3 is 68.8 Å². The molecule has 0 bridgehead atoms. The molecule has 1 saturated heterocycles. The van der Waals surface area contributed by atoms with Gasteiger partial charge in [-0.2, -0.15) is 0 Å². The van der Waals surface area contributed by atoms with Crippen molar-refractivity contribution in [2.75, 3.05) is 26.7 Å². The maximum absolute atomic E-state index is 14.4. The van der Waals surface area contributed by atoms with Gasteiger partial charge in [0, 0.05) is 37.8 Å². The second-order valence-electron chi connectivity index (χ2n) is 17.7. The fourth-order valence-corrected chi connectivity index (χ4v) is 7.61. The molecule has 0 saturated carbocycles. The summed E-state index contributed by atoms with van der Waals surface area (Å²) in [6.45, 7) is 10.5. The van der Waals surface area contributed by atoms with Crippen LogP contribution in [0.25, 0.3) is 0 Å². The molecule has 1 fully saturated rings. The maximum Gasteiger partial charge on any atom is 0.326 e. The summed E-state index contributed by atoms with van der Waals surface area (Å²) in [6.07, 6.45) is 4.34. The lowest BCUT2D eigenvalue weighted by Crippen LogP contribution is -2.62. The lowest BCUT2D eigenvalue weighted by Gasteiger charge is -2.32. The van der Waals surface area contributed by atoms with E-state index in [2.05, 4.69) is 52.2 Å². The number of aliphatic imine (C=N–C) groups is 1. The number of nitrogens with two attached hydrogens (primary N) is 2. The Balaban J connectivity index is 1.90. The number of benzene rings is 1. The number of nitrogens with one attached hydrogen (secondary N) is 8. The summed E-state index contributed by atoms with van der Waals surface area (Å²) in [5.41, 5.74) is 11.9. The molecule has 1 aliphatic rings. The molecule has 8 atom stereocenters. The highest BCUT2D eigenvalue weighted by Gasteiger charge is 2.41. The lowest BCUT2D eigenvalue weighted by atomic mass is 9.98. The number of H-pyrrole nitrogens is 1. The minimum atomic E-state index is -1.35.